The lowest BCUT2D eigenvalue weighted by atomic mass is 10.2. The van der Waals surface area contributed by atoms with E-state index in [0.717, 1.165) is 12.2 Å². The van der Waals surface area contributed by atoms with Crippen molar-refractivity contribution in [2.75, 3.05) is 31.6 Å². The first-order valence-corrected chi connectivity index (χ1v) is 6.63. The number of aliphatic hydroxyl groups is 1. The van der Waals surface area contributed by atoms with Crippen molar-refractivity contribution in [2.45, 2.75) is 20.0 Å². The van der Waals surface area contributed by atoms with Gasteiger partial charge in [-0.05, 0) is 36.7 Å². The zero-order chi connectivity index (χ0) is 14.3. The van der Waals surface area contributed by atoms with E-state index in [0.29, 0.717) is 24.6 Å². The van der Waals surface area contributed by atoms with Crippen LogP contribution in [0.1, 0.15) is 19.4 Å². The summed E-state index contributed by atoms with van der Waals surface area (Å²) in [6.07, 6.45) is -0.403. The molecule has 4 nitrogen and oxygen atoms in total. The number of nitriles is 1. The Morgan fingerprint density at radius 2 is 1.89 bits per heavy atom. The smallest absolute Gasteiger partial charge is 0.0991 e. The van der Waals surface area contributed by atoms with Crippen LogP contribution in [0.4, 0.5) is 5.69 Å². The van der Waals surface area contributed by atoms with E-state index in [9.17, 15) is 5.11 Å². The van der Waals surface area contributed by atoms with E-state index in [1.54, 1.807) is 12.1 Å². The van der Waals surface area contributed by atoms with Gasteiger partial charge in [-0.2, -0.15) is 5.26 Å². The van der Waals surface area contributed by atoms with Crippen molar-refractivity contribution in [2.24, 2.45) is 5.92 Å². The molecule has 0 aliphatic carbocycles. The summed E-state index contributed by atoms with van der Waals surface area (Å²) >= 11 is 0. The first kappa shape index (κ1) is 15.5. The molecule has 0 bridgehead atoms. The molecule has 4 heteroatoms. The van der Waals surface area contributed by atoms with Gasteiger partial charge in [0.25, 0.3) is 0 Å². The lowest BCUT2D eigenvalue weighted by molar-refractivity contribution is 0.177. The summed E-state index contributed by atoms with van der Waals surface area (Å²) < 4.78 is 0. The van der Waals surface area contributed by atoms with E-state index >= 15 is 0 Å². The van der Waals surface area contributed by atoms with Gasteiger partial charge >= 0.3 is 0 Å². The van der Waals surface area contributed by atoms with Gasteiger partial charge in [0.1, 0.15) is 0 Å². The van der Waals surface area contributed by atoms with Crippen molar-refractivity contribution in [3.05, 3.63) is 29.8 Å². The highest BCUT2D eigenvalue weighted by Crippen LogP contribution is 2.13. The second-order valence-corrected chi connectivity index (χ2v) is 5.25. The van der Waals surface area contributed by atoms with E-state index < -0.39 is 6.10 Å². The van der Waals surface area contributed by atoms with E-state index in [4.69, 9.17) is 5.26 Å². The Kier molecular flexibility index (Phi) is 6.34. The van der Waals surface area contributed by atoms with Gasteiger partial charge in [0.2, 0.25) is 0 Å². The third-order valence-corrected chi connectivity index (χ3v) is 2.85. The van der Waals surface area contributed by atoms with Gasteiger partial charge < -0.3 is 15.3 Å². The molecule has 0 saturated heterocycles. The van der Waals surface area contributed by atoms with Gasteiger partial charge in [-0.25, -0.2) is 0 Å². The molecular formula is C15H23N3O. The summed E-state index contributed by atoms with van der Waals surface area (Å²) in [6, 6.07) is 9.46. The number of likely N-dealkylation sites (N-methyl/N-ethyl adjacent to an activating group) is 1. The molecule has 104 valence electrons. The van der Waals surface area contributed by atoms with E-state index in [1.807, 2.05) is 24.1 Å². The molecule has 0 saturated carbocycles. The molecule has 19 heavy (non-hydrogen) atoms. The minimum absolute atomic E-state index is 0.403. The van der Waals surface area contributed by atoms with Crippen molar-refractivity contribution in [1.82, 2.24) is 5.32 Å². The molecule has 0 aliphatic rings. The summed E-state index contributed by atoms with van der Waals surface area (Å²) in [7, 11) is 1.94. The van der Waals surface area contributed by atoms with Crippen LogP contribution in [-0.4, -0.2) is 37.9 Å². The third-order valence-electron chi connectivity index (χ3n) is 2.85. The van der Waals surface area contributed by atoms with Gasteiger partial charge in [0, 0.05) is 25.8 Å². The quantitative estimate of drug-likeness (QED) is 0.783. The van der Waals surface area contributed by atoms with Crippen molar-refractivity contribution < 1.29 is 5.11 Å². The van der Waals surface area contributed by atoms with Crippen LogP contribution in [0.15, 0.2) is 24.3 Å². The monoisotopic (exact) mass is 261 g/mol. The molecular weight excluding hydrogens is 238 g/mol. The maximum absolute atomic E-state index is 9.94. The highest BCUT2D eigenvalue weighted by molar-refractivity contribution is 5.49. The Morgan fingerprint density at radius 3 is 2.42 bits per heavy atom. The van der Waals surface area contributed by atoms with E-state index in [-0.39, 0.29) is 0 Å². The van der Waals surface area contributed by atoms with Gasteiger partial charge in [-0.3, -0.25) is 0 Å². The number of nitrogens with zero attached hydrogens (tertiary/aromatic N) is 2. The molecule has 0 amide bonds. The zero-order valence-corrected chi connectivity index (χ0v) is 11.9. The number of hydrogen-bond donors (Lipinski definition) is 2. The van der Waals surface area contributed by atoms with Gasteiger partial charge in [-0.1, -0.05) is 13.8 Å². The van der Waals surface area contributed by atoms with Gasteiger partial charge in [-0.15, -0.1) is 0 Å². The van der Waals surface area contributed by atoms with Gasteiger partial charge in [0.05, 0.1) is 17.7 Å². The maximum Gasteiger partial charge on any atom is 0.0991 e. The topological polar surface area (TPSA) is 59.3 Å². The van der Waals surface area contributed by atoms with Crippen molar-refractivity contribution in [3.63, 3.8) is 0 Å². The second kappa shape index (κ2) is 7.78. The van der Waals surface area contributed by atoms with E-state index in [2.05, 4.69) is 25.2 Å². The Hall–Kier alpha value is -1.57. The van der Waals surface area contributed by atoms with Crippen LogP contribution in [-0.2, 0) is 0 Å². The first-order chi connectivity index (χ1) is 9.02. The molecule has 0 spiro atoms. The van der Waals surface area contributed by atoms with E-state index in [1.165, 1.54) is 0 Å². The molecule has 1 unspecified atom stereocenters. The zero-order valence-electron chi connectivity index (χ0n) is 11.9. The third kappa shape index (κ3) is 5.73. The standard InChI is InChI=1S/C15H23N3O/c1-12(2)9-17-10-15(19)11-18(3)14-6-4-13(8-16)5-7-14/h4-7,12,15,17,19H,9-11H2,1-3H3. The fraction of sp³-hybridized carbons (Fsp3) is 0.533. The van der Waals surface area contributed by atoms with Crippen LogP contribution in [0.3, 0.4) is 0 Å². The number of aliphatic hydroxyl groups excluding tert-OH is 1. The Balaban J connectivity index is 2.40. The summed E-state index contributed by atoms with van der Waals surface area (Å²) in [5, 5.41) is 21.9. The molecule has 0 radical (unpaired) electrons. The molecule has 0 aliphatic heterocycles. The van der Waals surface area contributed by atoms with Crippen LogP contribution < -0.4 is 10.2 Å². The molecule has 1 aromatic carbocycles. The molecule has 2 N–H and O–H groups in total. The van der Waals surface area contributed by atoms with Crippen LogP contribution in [0, 0.1) is 17.2 Å². The highest BCUT2D eigenvalue weighted by Gasteiger charge is 2.09. The molecule has 0 fully saturated rings. The lowest BCUT2D eigenvalue weighted by Crippen LogP contribution is -2.37. The molecule has 1 atom stereocenters. The van der Waals surface area contributed by atoms with Crippen LogP contribution in [0.5, 0.6) is 0 Å². The minimum Gasteiger partial charge on any atom is -0.390 e. The number of nitrogens with one attached hydrogen (secondary N) is 1. The SMILES string of the molecule is CC(C)CNCC(O)CN(C)c1ccc(C#N)cc1. The minimum atomic E-state index is -0.403. The molecule has 0 aromatic heterocycles. The van der Waals surface area contributed by atoms with Crippen molar-refractivity contribution in [1.29, 1.82) is 5.26 Å². The fourth-order valence-electron chi connectivity index (χ4n) is 1.82. The average molecular weight is 261 g/mol. The molecule has 1 rings (SSSR count). The summed E-state index contributed by atoms with van der Waals surface area (Å²) in [6.45, 7) is 6.36. The lowest BCUT2D eigenvalue weighted by Gasteiger charge is -2.23. The van der Waals surface area contributed by atoms with Crippen LogP contribution >= 0.6 is 0 Å². The van der Waals surface area contributed by atoms with Crippen LogP contribution in [0.2, 0.25) is 0 Å². The molecule has 1 aromatic rings. The van der Waals surface area contributed by atoms with Gasteiger partial charge in [0.15, 0.2) is 0 Å². The average Bonchev–Trinajstić information content (AvgIpc) is 2.38. The number of rotatable bonds is 7. The predicted molar refractivity (Wildman–Crippen MR) is 78.1 cm³/mol. The summed E-state index contributed by atoms with van der Waals surface area (Å²) in [4.78, 5) is 1.99. The first-order valence-electron chi connectivity index (χ1n) is 6.63. The number of anilines is 1. The predicted octanol–water partition coefficient (Wildman–Crippen LogP) is 1.60. The highest BCUT2D eigenvalue weighted by atomic mass is 16.3. The fourth-order valence-corrected chi connectivity index (χ4v) is 1.82. The van der Waals surface area contributed by atoms with Crippen molar-refractivity contribution in [3.8, 4) is 6.07 Å². The number of benzene rings is 1. The van der Waals surface area contributed by atoms with Crippen molar-refractivity contribution >= 4 is 5.69 Å². The maximum atomic E-state index is 9.94. The largest absolute Gasteiger partial charge is 0.390 e. The Morgan fingerprint density at radius 1 is 1.26 bits per heavy atom. The summed E-state index contributed by atoms with van der Waals surface area (Å²) in [5.74, 6) is 0.587. The summed E-state index contributed by atoms with van der Waals surface area (Å²) in [5.41, 5.74) is 1.65. The Labute approximate surface area is 115 Å². The van der Waals surface area contributed by atoms with Crippen LogP contribution in [0.25, 0.3) is 0 Å². The molecule has 0 heterocycles. The number of hydrogen-bond acceptors (Lipinski definition) is 4. The normalized spacial score (nSPS) is 12.2. The Bertz CT molecular complexity index is 408. The second-order valence-electron chi connectivity index (χ2n) is 5.25.